The molecule has 0 aliphatic carbocycles. The molecule has 1 aliphatic rings. The van der Waals surface area contributed by atoms with E-state index < -0.39 is 5.60 Å². The highest BCUT2D eigenvalue weighted by atomic mass is 16.6. The molecule has 0 saturated carbocycles. The van der Waals surface area contributed by atoms with Crippen molar-refractivity contribution in [3.8, 4) is 0 Å². The molecule has 0 aromatic rings. The zero-order chi connectivity index (χ0) is 20.1. The van der Waals surface area contributed by atoms with Crippen molar-refractivity contribution in [1.29, 1.82) is 0 Å². The van der Waals surface area contributed by atoms with E-state index >= 15 is 0 Å². The first-order chi connectivity index (χ1) is 12.8. The number of ether oxygens (including phenoxy) is 1. The standard InChI is InChI=1S/C24H45NO2/c1-6-7-8-9-10-11-12-13-14-15-16-19-22-20-17-18-21(2)25(22)23(26)27-24(3,4)5/h16,19,21-22H,6-15,17-18,20H2,1-5H3/b19-16+/t21-,22-/m1/s1. The Morgan fingerprint density at radius 2 is 1.59 bits per heavy atom. The Hall–Kier alpha value is -0.990. The van der Waals surface area contributed by atoms with Gasteiger partial charge >= 0.3 is 6.09 Å². The van der Waals surface area contributed by atoms with Crippen LogP contribution in [0.3, 0.4) is 0 Å². The van der Waals surface area contributed by atoms with Crippen LogP contribution in [0.25, 0.3) is 0 Å². The van der Waals surface area contributed by atoms with Gasteiger partial charge in [-0.1, -0.05) is 70.4 Å². The summed E-state index contributed by atoms with van der Waals surface area (Å²) >= 11 is 0. The SMILES string of the molecule is CCCCCCCCCCC/C=C/[C@@H]1CCC[C@@H](C)N1C(=O)OC(C)(C)C. The zero-order valence-corrected chi connectivity index (χ0v) is 18.8. The number of allylic oxidation sites excluding steroid dienone is 1. The lowest BCUT2D eigenvalue weighted by atomic mass is 9.96. The van der Waals surface area contributed by atoms with Crippen LogP contribution in [0.4, 0.5) is 4.79 Å². The van der Waals surface area contributed by atoms with Gasteiger partial charge in [-0.15, -0.1) is 0 Å². The van der Waals surface area contributed by atoms with Gasteiger partial charge in [0.25, 0.3) is 0 Å². The van der Waals surface area contributed by atoms with E-state index in [-0.39, 0.29) is 18.2 Å². The lowest BCUT2D eigenvalue weighted by molar-refractivity contribution is 0.00358. The van der Waals surface area contributed by atoms with E-state index in [1.807, 2.05) is 25.7 Å². The first-order valence-electron chi connectivity index (χ1n) is 11.5. The first-order valence-corrected chi connectivity index (χ1v) is 11.5. The summed E-state index contributed by atoms with van der Waals surface area (Å²) < 4.78 is 5.64. The fraction of sp³-hybridized carbons (Fsp3) is 0.875. The van der Waals surface area contributed by atoms with E-state index in [4.69, 9.17) is 4.74 Å². The van der Waals surface area contributed by atoms with Crippen LogP contribution in [0, 0.1) is 0 Å². The molecule has 0 bridgehead atoms. The van der Waals surface area contributed by atoms with Crippen LogP contribution in [0.15, 0.2) is 12.2 Å². The lowest BCUT2D eigenvalue weighted by Gasteiger charge is -2.40. The Bertz CT molecular complexity index is 425. The van der Waals surface area contributed by atoms with Crippen LogP contribution in [0.5, 0.6) is 0 Å². The molecule has 0 N–H and O–H groups in total. The summed E-state index contributed by atoms with van der Waals surface area (Å²) in [5, 5.41) is 0. The van der Waals surface area contributed by atoms with E-state index in [1.165, 1.54) is 64.2 Å². The average Bonchev–Trinajstić information content (AvgIpc) is 2.58. The van der Waals surface area contributed by atoms with E-state index in [0.717, 1.165) is 19.3 Å². The minimum Gasteiger partial charge on any atom is -0.444 e. The average molecular weight is 380 g/mol. The van der Waals surface area contributed by atoms with Crippen molar-refractivity contribution in [3.05, 3.63) is 12.2 Å². The molecular formula is C24H45NO2. The lowest BCUT2D eigenvalue weighted by Crippen LogP contribution is -2.49. The van der Waals surface area contributed by atoms with Gasteiger partial charge in [0, 0.05) is 6.04 Å². The number of likely N-dealkylation sites (tertiary alicyclic amines) is 1. The summed E-state index contributed by atoms with van der Waals surface area (Å²) in [5.74, 6) is 0. The molecule has 0 unspecified atom stereocenters. The number of hydrogen-bond acceptors (Lipinski definition) is 2. The van der Waals surface area contributed by atoms with E-state index in [0.29, 0.717) is 0 Å². The molecule has 2 atom stereocenters. The molecule has 158 valence electrons. The van der Waals surface area contributed by atoms with E-state index in [2.05, 4.69) is 26.0 Å². The predicted molar refractivity (Wildman–Crippen MR) is 116 cm³/mol. The van der Waals surface area contributed by atoms with Crippen molar-refractivity contribution in [2.24, 2.45) is 0 Å². The van der Waals surface area contributed by atoms with Gasteiger partial charge in [-0.2, -0.15) is 0 Å². The highest BCUT2D eigenvalue weighted by Gasteiger charge is 2.33. The number of unbranched alkanes of at least 4 members (excludes halogenated alkanes) is 9. The van der Waals surface area contributed by atoms with Crippen LogP contribution >= 0.6 is 0 Å². The van der Waals surface area contributed by atoms with Gasteiger partial charge in [-0.25, -0.2) is 4.79 Å². The normalized spacial score (nSPS) is 21.0. The summed E-state index contributed by atoms with van der Waals surface area (Å²) in [6.07, 6.45) is 21.1. The molecule has 3 heteroatoms. The summed E-state index contributed by atoms with van der Waals surface area (Å²) in [6.45, 7) is 10.2. The maximum atomic E-state index is 12.6. The Morgan fingerprint density at radius 1 is 1.00 bits per heavy atom. The second kappa shape index (κ2) is 13.2. The number of carbonyl (C=O) groups excluding carboxylic acids is 1. The molecule has 1 amide bonds. The van der Waals surface area contributed by atoms with Gasteiger partial charge in [0.1, 0.15) is 5.60 Å². The summed E-state index contributed by atoms with van der Waals surface area (Å²) in [5.41, 5.74) is -0.431. The van der Waals surface area contributed by atoms with Crippen LogP contribution in [-0.4, -0.2) is 28.7 Å². The maximum absolute atomic E-state index is 12.6. The van der Waals surface area contributed by atoms with Gasteiger partial charge in [0.05, 0.1) is 6.04 Å². The molecule has 0 aromatic heterocycles. The second-order valence-electron chi connectivity index (χ2n) is 9.28. The molecule has 0 spiro atoms. The number of amides is 1. The van der Waals surface area contributed by atoms with Crippen LogP contribution in [-0.2, 0) is 4.74 Å². The fourth-order valence-electron chi connectivity index (χ4n) is 3.87. The topological polar surface area (TPSA) is 29.5 Å². The fourth-order valence-corrected chi connectivity index (χ4v) is 3.87. The van der Waals surface area contributed by atoms with E-state index in [1.54, 1.807) is 0 Å². The quantitative estimate of drug-likeness (QED) is 0.272. The van der Waals surface area contributed by atoms with Gasteiger partial charge < -0.3 is 4.74 Å². The van der Waals surface area contributed by atoms with Crippen molar-refractivity contribution in [2.45, 2.75) is 136 Å². The highest BCUT2D eigenvalue weighted by molar-refractivity contribution is 5.69. The van der Waals surface area contributed by atoms with Crippen molar-refractivity contribution >= 4 is 6.09 Å². The minimum absolute atomic E-state index is 0.160. The minimum atomic E-state index is -0.431. The monoisotopic (exact) mass is 379 g/mol. The molecule has 0 aromatic carbocycles. The van der Waals surface area contributed by atoms with Gasteiger partial charge in [-0.3, -0.25) is 4.90 Å². The van der Waals surface area contributed by atoms with E-state index in [9.17, 15) is 4.79 Å². The summed E-state index contributed by atoms with van der Waals surface area (Å²) in [6, 6.07) is 0.457. The van der Waals surface area contributed by atoms with Crippen LogP contribution < -0.4 is 0 Å². The van der Waals surface area contributed by atoms with Crippen LogP contribution in [0.1, 0.15) is 118 Å². The molecule has 0 radical (unpaired) electrons. The Morgan fingerprint density at radius 3 is 2.19 bits per heavy atom. The molecule has 3 nitrogen and oxygen atoms in total. The zero-order valence-electron chi connectivity index (χ0n) is 18.8. The predicted octanol–water partition coefficient (Wildman–Crippen LogP) is 7.64. The molecule has 1 fully saturated rings. The van der Waals surface area contributed by atoms with Crippen molar-refractivity contribution < 1.29 is 9.53 Å². The third-order valence-electron chi connectivity index (χ3n) is 5.39. The Labute approximate surface area is 168 Å². The molecular weight excluding hydrogens is 334 g/mol. The smallest absolute Gasteiger partial charge is 0.411 e. The third-order valence-corrected chi connectivity index (χ3v) is 5.39. The van der Waals surface area contributed by atoms with Gasteiger partial charge in [0.15, 0.2) is 0 Å². The van der Waals surface area contributed by atoms with Crippen molar-refractivity contribution in [3.63, 3.8) is 0 Å². The van der Waals surface area contributed by atoms with Crippen LogP contribution in [0.2, 0.25) is 0 Å². The van der Waals surface area contributed by atoms with Crippen molar-refractivity contribution in [2.75, 3.05) is 0 Å². The van der Waals surface area contributed by atoms with Crippen molar-refractivity contribution in [1.82, 2.24) is 4.90 Å². The summed E-state index contributed by atoms with van der Waals surface area (Å²) in [7, 11) is 0. The second-order valence-corrected chi connectivity index (χ2v) is 9.28. The largest absolute Gasteiger partial charge is 0.444 e. The van der Waals surface area contributed by atoms with Gasteiger partial charge in [0.2, 0.25) is 0 Å². The molecule has 1 saturated heterocycles. The van der Waals surface area contributed by atoms with Gasteiger partial charge in [-0.05, 0) is 59.8 Å². The Kier molecular flexibility index (Phi) is 11.8. The Balaban J connectivity index is 2.28. The number of hydrogen-bond donors (Lipinski definition) is 0. The molecule has 1 aliphatic heterocycles. The summed E-state index contributed by atoms with van der Waals surface area (Å²) in [4.78, 5) is 14.6. The number of rotatable bonds is 11. The molecule has 1 heterocycles. The maximum Gasteiger partial charge on any atom is 0.411 e. The molecule has 1 rings (SSSR count). The third kappa shape index (κ3) is 10.8. The number of carbonyl (C=O) groups is 1. The highest BCUT2D eigenvalue weighted by Crippen LogP contribution is 2.26. The first kappa shape index (κ1) is 24.0. The molecule has 27 heavy (non-hydrogen) atoms. The number of piperidine rings is 1. The number of nitrogens with zero attached hydrogens (tertiary/aromatic N) is 1.